The Morgan fingerprint density at radius 1 is 1.44 bits per heavy atom. The van der Waals surface area contributed by atoms with Crippen LogP contribution in [0.25, 0.3) is 0 Å². The number of halogens is 1. The van der Waals surface area contributed by atoms with Gasteiger partial charge in [-0.15, -0.1) is 0 Å². The second-order valence-electron chi connectivity index (χ2n) is 4.51. The Kier molecular flexibility index (Phi) is 3.99. The van der Waals surface area contributed by atoms with Crippen LogP contribution in [0.1, 0.15) is 6.42 Å². The minimum Gasteiger partial charge on any atom is -0.319 e. The third kappa shape index (κ3) is 2.55. The molecule has 1 aliphatic heterocycles. The monoisotopic (exact) mass is 272 g/mol. The smallest absolute Gasteiger partial charge is 0.245 e. The van der Waals surface area contributed by atoms with E-state index in [1.54, 1.807) is 0 Å². The average Bonchev–Trinajstić information content (AvgIpc) is 2.79. The number of sulfonamides is 1. The molecule has 0 aromatic heterocycles. The summed E-state index contributed by atoms with van der Waals surface area (Å²) in [5.74, 6) is -0.383. The van der Waals surface area contributed by atoms with E-state index in [0.29, 0.717) is 19.0 Å². The van der Waals surface area contributed by atoms with Gasteiger partial charge in [-0.2, -0.15) is 4.31 Å². The lowest BCUT2D eigenvalue weighted by Gasteiger charge is -2.17. The molecule has 1 aromatic carbocycles. The molecule has 0 aliphatic carbocycles. The second kappa shape index (κ2) is 5.34. The lowest BCUT2D eigenvalue weighted by molar-refractivity contribution is 0.446. The van der Waals surface area contributed by atoms with Crippen molar-refractivity contribution >= 4 is 10.0 Å². The lowest BCUT2D eigenvalue weighted by atomic mass is 10.1. The first kappa shape index (κ1) is 13.5. The Balaban J connectivity index is 2.21. The summed E-state index contributed by atoms with van der Waals surface area (Å²) < 4.78 is 39.5. The molecule has 1 heterocycles. The fourth-order valence-corrected chi connectivity index (χ4v) is 3.86. The average molecular weight is 272 g/mol. The van der Waals surface area contributed by atoms with Crippen LogP contribution in [0.2, 0.25) is 0 Å². The van der Waals surface area contributed by atoms with E-state index >= 15 is 0 Å². The number of rotatable bonds is 4. The summed E-state index contributed by atoms with van der Waals surface area (Å²) in [6.45, 7) is 1.70. The molecule has 1 fully saturated rings. The van der Waals surface area contributed by atoms with E-state index in [-0.39, 0.29) is 4.90 Å². The molecule has 0 spiro atoms. The second-order valence-corrected chi connectivity index (χ2v) is 6.41. The summed E-state index contributed by atoms with van der Waals surface area (Å²) in [5, 5.41) is 3.04. The van der Waals surface area contributed by atoms with Gasteiger partial charge in [0, 0.05) is 13.1 Å². The van der Waals surface area contributed by atoms with Crippen LogP contribution in [0, 0.1) is 11.7 Å². The highest BCUT2D eigenvalue weighted by molar-refractivity contribution is 7.89. The number of benzene rings is 1. The standard InChI is InChI=1S/C12H17FN2O2S/c1-14-8-10-6-7-15(9-10)18(16,17)12-5-3-2-4-11(12)13/h2-5,10,14H,6-9H2,1H3/t10-/m1/s1. The zero-order valence-electron chi connectivity index (χ0n) is 10.3. The summed E-state index contributed by atoms with van der Waals surface area (Å²) in [4.78, 5) is -0.227. The predicted octanol–water partition coefficient (Wildman–Crippen LogP) is 1.06. The third-order valence-corrected chi connectivity index (χ3v) is 5.09. The van der Waals surface area contributed by atoms with Crippen molar-refractivity contribution in [2.45, 2.75) is 11.3 Å². The summed E-state index contributed by atoms with van der Waals surface area (Å²) in [7, 11) is -1.85. The van der Waals surface area contributed by atoms with Crippen LogP contribution in [0.5, 0.6) is 0 Å². The molecule has 2 rings (SSSR count). The largest absolute Gasteiger partial charge is 0.319 e. The van der Waals surface area contributed by atoms with E-state index in [4.69, 9.17) is 0 Å². The molecule has 0 saturated carbocycles. The van der Waals surface area contributed by atoms with Gasteiger partial charge in [0.15, 0.2) is 0 Å². The van der Waals surface area contributed by atoms with E-state index in [0.717, 1.165) is 13.0 Å². The van der Waals surface area contributed by atoms with Crippen LogP contribution in [-0.4, -0.2) is 39.4 Å². The summed E-state index contributed by atoms with van der Waals surface area (Å²) in [6.07, 6.45) is 0.814. The molecule has 1 aliphatic rings. The van der Waals surface area contributed by atoms with Crippen molar-refractivity contribution in [3.63, 3.8) is 0 Å². The fraction of sp³-hybridized carbons (Fsp3) is 0.500. The van der Waals surface area contributed by atoms with E-state index in [2.05, 4.69) is 5.32 Å². The minimum absolute atomic E-state index is 0.227. The SMILES string of the molecule is CNC[C@H]1CCN(S(=O)(=O)c2ccccc2F)C1. The van der Waals surface area contributed by atoms with Gasteiger partial charge < -0.3 is 5.32 Å². The van der Waals surface area contributed by atoms with Gasteiger partial charge in [-0.1, -0.05) is 12.1 Å². The number of nitrogens with one attached hydrogen (secondary N) is 1. The first-order valence-electron chi connectivity index (χ1n) is 5.95. The molecular formula is C12H17FN2O2S. The Morgan fingerprint density at radius 3 is 2.83 bits per heavy atom. The van der Waals surface area contributed by atoms with Crippen molar-refractivity contribution in [3.8, 4) is 0 Å². The van der Waals surface area contributed by atoms with E-state index in [1.165, 1.54) is 28.6 Å². The predicted molar refractivity (Wildman–Crippen MR) is 67.2 cm³/mol. The number of hydrogen-bond acceptors (Lipinski definition) is 3. The van der Waals surface area contributed by atoms with Crippen LogP contribution < -0.4 is 5.32 Å². The lowest BCUT2D eigenvalue weighted by Crippen LogP contribution is -2.31. The summed E-state index contributed by atoms with van der Waals surface area (Å²) in [6, 6.07) is 5.52. The molecule has 0 amide bonds. The molecule has 1 N–H and O–H groups in total. The van der Waals surface area contributed by atoms with Crippen molar-refractivity contribution < 1.29 is 12.8 Å². The molecule has 1 saturated heterocycles. The van der Waals surface area contributed by atoms with Crippen LogP contribution in [-0.2, 0) is 10.0 Å². The molecule has 6 heteroatoms. The van der Waals surface area contributed by atoms with Gasteiger partial charge in [0.05, 0.1) is 0 Å². The van der Waals surface area contributed by atoms with Gasteiger partial charge in [-0.25, -0.2) is 12.8 Å². The van der Waals surface area contributed by atoms with E-state index in [1.807, 2.05) is 7.05 Å². The van der Waals surface area contributed by atoms with E-state index in [9.17, 15) is 12.8 Å². The van der Waals surface area contributed by atoms with Crippen molar-refractivity contribution in [1.82, 2.24) is 9.62 Å². The Labute approximate surface area is 107 Å². The maximum Gasteiger partial charge on any atom is 0.245 e. The van der Waals surface area contributed by atoms with Crippen molar-refractivity contribution in [2.24, 2.45) is 5.92 Å². The highest BCUT2D eigenvalue weighted by Crippen LogP contribution is 2.25. The van der Waals surface area contributed by atoms with Gasteiger partial charge in [0.2, 0.25) is 10.0 Å². The fourth-order valence-electron chi connectivity index (χ4n) is 2.26. The Hall–Kier alpha value is -0.980. The molecule has 1 aromatic rings. The van der Waals surface area contributed by atoms with Crippen LogP contribution in [0.3, 0.4) is 0 Å². The molecule has 4 nitrogen and oxygen atoms in total. The maximum atomic E-state index is 13.6. The molecule has 1 atom stereocenters. The van der Waals surface area contributed by atoms with Crippen molar-refractivity contribution in [2.75, 3.05) is 26.7 Å². The summed E-state index contributed by atoms with van der Waals surface area (Å²) >= 11 is 0. The third-order valence-electron chi connectivity index (χ3n) is 3.20. The van der Waals surface area contributed by atoms with Crippen LogP contribution in [0.15, 0.2) is 29.2 Å². The molecule has 0 unspecified atom stereocenters. The van der Waals surface area contributed by atoms with Crippen molar-refractivity contribution in [3.05, 3.63) is 30.1 Å². The first-order valence-corrected chi connectivity index (χ1v) is 7.39. The van der Waals surface area contributed by atoms with Gasteiger partial charge in [0.25, 0.3) is 0 Å². The topological polar surface area (TPSA) is 49.4 Å². The van der Waals surface area contributed by atoms with Gasteiger partial charge in [-0.3, -0.25) is 0 Å². The van der Waals surface area contributed by atoms with Gasteiger partial charge in [0.1, 0.15) is 10.7 Å². The normalized spacial score (nSPS) is 21.3. The number of hydrogen-bond donors (Lipinski definition) is 1. The summed E-state index contributed by atoms with van der Waals surface area (Å²) in [5.41, 5.74) is 0. The highest BCUT2D eigenvalue weighted by atomic mass is 32.2. The minimum atomic E-state index is -3.69. The zero-order chi connectivity index (χ0) is 13.2. The molecule has 0 radical (unpaired) electrons. The Morgan fingerprint density at radius 2 is 2.17 bits per heavy atom. The van der Waals surface area contributed by atoms with Crippen LogP contribution >= 0.6 is 0 Å². The first-order chi connectivity index (χ1) is 8.55. The molecular weight excluding hydrogens is 255 g/mol. The van der Waals surface area contributed by atoms with Crippen molar-refractivity contribution in [1.29, 1.82) is 0 Å². The van der Waals surface area contributed by atoms with E-state index < -0.39 is 15.8 Å². The quantitative estimate of drug-likeness (QED) is 0.891. The number of nitrogens with zero attached hydrogens (tertiary/aromatic N) is 1. The highest BCUT2D eigenvalue weighted by Gasteiger charge is 2.33. The molecule has 100 valence electrons. The maximum absolute atomic E-state index is 13.6. The van der Waals surface area contributed by atoms with Crippen LogP contribution in [0.4, 0.5) is 4.39 Å². The molecule has 18 heavy (non-hydrogen) atoms. The van der Waals surface area contributed by atoms with Gasteiger partial charge in [-0.05, 0) is 38.1 Å². The zero-order valence-corrected chi connectivity index (χ0v) is 11.1. The Bertz CT molecular complexity index is 519. The van der Waals surface area contributed by atoms with Gasteiger partial charge >= 0.3 is 0 Å². The molecule has 0 bridgehead atoms.